The van der Waals surface area contributed by atoms with Crippen LogP contribution in [0.5, 0.6) is 5.75 Å². The number of allylic oxidation sites excluding steroid dienone is 1. The molecule has 126 valence electrons. The third-order valence-corrected chi connectivity index (χ3v) is 5.72. The van der Waals surface area contributed by atoms with Crippen LogP contribution in [0.4, 0.5) is 0 Å². The molecule has 0 radical (unpaired) electrons. The highest BCUT2D eigenvalue weighted by molar-refractivity contribution is 7.95. The Bertz CT molecular complexity index is 1010. The average Bonchev–Trinajstić information content (AvgIpc) is 2.60. The van der Waals surface area contributed by atoms with Gasteiger partial charge in [0.2, 0.25) is 9.84 Å². The van der Waals surface area contributed by atoms with E-state index in [9.17, 15) is 13.7 Å². The Morgan fingerprint density at radius 1 is 1.16 bits per heavy atom. The fourth-order valence-electron chi connectivity index (χ4n) is 2.59. The molecule has 0 aliphatic carbocycles. The Morgan fingerprint density at radius 3 is 2.52 bits per heavy atom. The maximum absolute atomic E-state index is 12.7. The molecule has 2 aromatic carbocycles. The minimum atomic E-state index is -3.86. The lowest BCUT2D eigenvalue weighted by Crippen LogP contribution is -2.18. The van der Waals surface area contributed by atoms with Gasteiger partial charge in [0.15, 0.2) is 0 Å². The summed E-state index contributed by atoms with van der Waals surface area (Å²) in [5.74, 6) is 0.743. The molecule has 0 saturated carbocycles. The molecular weight excluding hydrogens is 334 g/mol. The van der Waals surface area contributed by atoms with Crippen LogP contribution in [0.2, 0.25) is 0 Å². The van der Waals surface area contributed by atoms with Crippen molar-refractivity contribution in [3.63, 3.8) is 0 Å². The second-order valence-corrected chi connectivity index (χ2v) is 7.80. The monoisotopic (exact) mass is 351 g/mol. The topological polar surface area (TPSA) is 67.2 Å². The Hall–Kier alpha value is -2.84. The van der Waals surface area contributed by atoms with Gasteiger partial charge in [0, 0.05) is 5.56 Å². The normalized spacial score (nSPS) is 17.1. The zero-order valence-electron chi connectivity index (χ0n) is 13.9. The van der Waals surface area contributed by atoms with Crippen LogP contribution in [0.15, 0.2) is 70.0 Å². The maximum atomic E-state index is 12.7. The first-order valence-electron chi connectivity index (χ1n) is 7.82. The van der Waals surface area contributed by atoms with Crippen molar-refractivity contribution >= 4 is 15.9 Å². The molecule has 4 nitrogen and oxygen atoms in total. The highest BCUT2D eigenvalue weighted by Crippen LogP contribution is 2.31. The Morgan fingerprint density at radius 2 is 1.84 bits per heavy atom. The van der Waals surface area contributed by atoms with Crippen molar-refractivity contribution in [2.24, 2.45) is 0 Å². The Labute approximate surface area is 147 Å². The van der Waals surface area contributed by atoms with Gasteiger partial charge in [-0.05, 0) is 49.8 Å². The van der Waals surface area contributed by atoms with Crippen LogP contribution < -0.4 is 4.74 Å². The van der Waals surface area contributed by atoms with Crippen molar-refractivity contribution in [1.82, 2.24) is 0 Å². The summed E-state index contributed by atoms with van der Waals surface area (Å²) < 4.78 is 31.3. The van der Waals surface area contributed by atoms with Crippen LogP contribution >= 0.6 is 0 Å². The molecular formula is C20H17NO3S. The lowest BCUT2D eigenvalue weighted by atomic mass is 10.0. The number of nitrogens with zero attached hydrogens (tertiary/aromatic N) is 1. The summed E-state index contributed by atoms with van der Waals surface area (Å²) in [4.78, 5) is -0.186. The molecule has 1 aliphatic heterocycles. The Kier molecular flexibility index (Phi) is 4.47. The predicted octanol–water partition coefficient (Wildman–Crippen LogP) is 4.04. The first-order valence-corrected chi connectivity index (χ1v) is 9.31. The van der Waals surface area contributed by atoms with Gasteiger partial charge in [-0.1, -0.05) is 35.9 Å². The zero-order valence-corrected chi connectivity index (χ0v) is 14.7. The maximum Gasteiger partial charge on any atom is 0.216 e. The highest BCUT2D eigenvalue weighted by atomic mass is 32.2. The molecule has 1 aliphatic rings. The summed E-state index contributed by atoms with van der Waals surface area (Å²) in [7, 11) is -3.86. The van der Waals surface area contributed by atoms with Crippen LogP contribution in [-0.4, -0.2) is 14.5 Å². The molecule has 0 amide bonds. The quantitative estimate of drug-likeness (QED) is 0.783. The summed E-state index contributed by atoms with van der Waals surface area (Å²) in [5.41, 5.74) is 2.46. The van der Waals surface area contributed by atoms with Gasteiger partial charge in [0.25, 0.3) is 0 Å². The molecule has 1 unspecified atom stereocenters. The van der Waals surface area contributed by atoms with Crippen molar-refractivity contribution in [3.8, 4) is 11.8 Å². The van der Waals surface area contributed by atoms with Gasteiger partial charge < -0.3 is 4.74 Å². The summed E-state index contributed by atoms with van der Waals surface area (Å²) in [6, 6.07) is 15.8. The Balaban J connectivity index is 2.05. The smallest absolute Gasteiger partial charge is 0.216 e. The number of rotatable bonds is 3. The van der Waals surface area contributed by atoms with Gasteiger partial charge in [-0.25, -0.2) is 8.42 Å². The third-order valence-electron chi connectivity index (χ3n) is 4.04. The van der Waals surface area contributed by atoms with Gasteiger partial charge in [-0.2, -0.15) is 5.26 Å². The first-order chi connectivity index (χ1) is 11.9. The molecule has 2 aromatic rings. The molecule has 0 aromatic heterocycles. The second kappa shape index (κ2) is 6.58. The van der Waals surface area contributed by atoms with Crippen molar-refractivity contribution in [1.29, 1.82) is 5.26 Å². The lowest BCUT2D eigenvalue weighted by Gasteiger charge is -2.23. The molecule has 0 N–H and O–H groups in total. The second-order valence-electron chi connectivity index (χ2n) is 5.88. The SMILES string of the molecule is Cc1ccc(S(=O)(=O)C(C#N)=CC2=Cc3ccccc3OC2C)cc1. The average molecular weight is 351 g/mol. The largest absolute Gasteiger partial charge is 0.485 e. The van der Waals surface area contributed by atoms with Gasteiger partial charge >= 0.3 is 0 Å². The number of ether oxygens (including phenoxy) is 1. The number of para-hydroxylation sites is 1. The highest BCUT2D eigenvalue weighted by Gasteiger charge is 2.24. The summed E-state index contributed by atoms with van der Waals surface area (Å²) >= 11 is 0. The van der Waals surface area contributed by atoms with Crippen LogP contribution in [0.3, 0.4) is 0 Å². The molecule has 3 rings (SSSR count). The number of hydrogen-bond acceptors (Lipinski definition) is 4. The molecule has 0 fully saturated rings. The fraction of sp³-hybridized carbons (Fsp3) is 0.150. The van der Waals surface area contributed by atoms with Gasteiger partial charge in [0.05, 0.1) is 4.90 Å². The van der Waals surface area contributed by atoms with Crippen LogP contribution in [0.1, 0.15) is 18.1 Å². The third kappa shape index (κ3) is 3.35. The standard InChI is InChI=1S/C20H17NO3S/c1-14-7-9-18(10-8-14)25(22,23)19(13-21)12-17-11-16-5-3-4-6-20(16)24-15(17)2/h3-12,15H,1-2H3. The van der Waals surface area contributed by atoms with Gasteiger partial charge in [0.1, 0.15) is 22.8 Å². The number of hydrogen-bond donors (Lipinski definition) is 0. The van der Waals surface area contributed by atoms with E-state index in [4.69, 9.17) is 4.74 Å². The van der Waals surface area contributed by atoms with E-state index in [0.29, 0.717) is 5.57 Å². The van der Waals surface area contributed by atoms with E-state index in [-0.39, 0.29) is 15.9 Å². The molecule has 0 saturated heterocycles. The summed E-state index contributed by atoms with van der Waals surface area (Å²) in [6.45, 7) is 3.70. The molecule has 5 heteroatoms. The lowest BCUT2D eigenvalue weighted by molar-refractivity contribution is 0.257. The van der Waals surface area contributed by atoms with Crippen LogP contribution in [-0.2, 0) is 9.84 Å². The van der Waals surface area contributed by atoms with E-state index < -0.39 is 9.84 Å². The molecule has 0 spiro atoms. The number of benzene rings is 2. The van der Waals surface area contributed by atoms with E-state index in [0.717, 1.165) is 16.9 Å². The molecule has 1 heterocycles. The van der Waals surface area contributed by atoms with Gasteiger partial charge in [-0.3, -0.25) is 0 Å². The van der Waals surface area contributed by atoms with E-state index in [2.05, 4.69) is 0 Å². The van der Waals surface area contributed by atoms with Crippen molar-refractivity contribution in [3.05, 3.63) is 76.2 Å². The zero-order chi connectivity index (χ0) is 18.0. The molecule has 1 atom stereocenters. The van der Waals surface area contributed by atoms with Crippen molar-refractivity contribution in [2.45, 2.75) is 24.8 Å². The summed E-state index contributed by atoms with van der Waals surface area (Å²) in [6.07, 6.45) is 2.91. The molecule has 25 heavy (non-hydrogen) atoms. The number of sulfone groups is 1. The van der Waals surface area contributed by atoms with E-state index >= 15 is 0 Å². The summed E-state index contributed by atoms with van der Waals surface area (Å²) in [5, 5.41) is 9.42. The number of fused-ring (bicyclic) bond motifs is 1. The minimum absolute atomic E-state index is 0.108. The van der Waals surface area contributed by atoms with Gasteiger partial charge in [-0.15, -0.1) is 0 Å². The van der Waals surface area contributed by atoms with E-state index in [1.165, 1.54) is 18.2 Å². The minimum Gasteiger partial charge on any atom is -0.485 e. The van der Waals surface area contributed by atoms with Crippen molar-refractivity contribution < 1.29 is 13.2 Å². The molecule has 0 bridgehead atoms. The number of aryl methyl sites for hydroxylation is 1. The van der Waals surface area contributed by atoms with E-state index in [1.54, 1.807) is 12.1 Å². The first kappa shape index (κ1) is 17.0. The fourth-order valence-corrected chi connectivity index (χ4v) is 3.75. The van der Waals surface area contributed by atoms with Crippen molar-refractivity contribution in [2.75, 3.05) is 0 Å². The number of nitriles is 1. The van der Waals surface area contributed by atoms with Crippen LogP contribution in [0, 0.1) is 18.3 Å². The van der Waals surface area contributed by atoms with Crippen LogP contribution in [0.25, 0.3) is 6.08 Å². The predicted molar refractivity (Wildman–Crippen MR) is 96.6 cm³/mol. The van der Waals surface area contributed by atoms with E-state index in [1.807, 2.05) is 50.3 Å².